The second-order valence-electron chi connectivity index (χ2n) is 15.9. The van der Waals surface area contributed by atoms with E-state index in [1.807, 2.05) is 0 Å². The molecular formula is C57H92O5. The van der Waals surface area contributed by atoms with Crippen LogP contribution in [0.4, 0.5) is 0 Å². The summed E-state index contributed by atoms with van der Waals surface area (Å²) >= 11 is 0. The molecule has 1 atom stereocenters. The van der Waals surface area contributed by atoms with Gasteiger partial charge >= 0.3 is 11.9 Å². The first kappa shape index (κ1) is 58.3. The van der Waals surface area contributed by atoms with E-state index >= 15 is 0 Å². The van der Waals surface area contributed by atoms with E-state index in [-0.39, 0.29) is 25.2 Å². The zero-order valence-electron chi connectivity index (χ0n) is 40.1. The predicted molar refractivity (Wildman–Crippen MR) is 269 cm³/mol. The molecule has 0 aliphatic rings. The Morgan fingerprint density at radius 3 is 1.18 bits per heavy atom. The van der Waals surface area contributed by atoms with Gasteiger partial charge in [-0.1, -0.05) is 187 Å². The second-order valence-corrected chi connectivity index (χ2v) is 15.9. The van der Waals surface area contributed by atoms with E-state index in [1.165, 1.54) is 44.9 Å². The van der Waals surface area contributed by atoms with Gasteiger partial charge in [0.25, 0.3) is 0 Å². The van der Waals surface area contributed by atoms with Gasteiger partial charge in [0.05, 0.1) is 6.61 Å². The second kappa shape index (κ2) is 51.6. The fraction of sp³-hybridized carbons (Fsp3) is 0.614. The Morgan fingerprint density at radius 2 is 0.726 bits per heavy atom. The summed E-state index contributed by atoms with van der Waals surface area (Å²) in [7, 11) is 0. The van der Waals surface area contributed by atoms with Crippen LogP contribution in [-0.2, 0) is 23.8 Å². The molecule has 5 nitrogen and oxygen atoms in total. The number of ether oxygens (including phenoxy) is 3. The highest BCUT2D eigenvalue weighted by molar-refractivity contribution is 5.70. The third-order valence-corrected chi connectivity index (χ3v) is 9.96. The molecule has 0 saturated heterocycles. The van der Waals surface area contributed by atoms with Crippen LogP contribution in [0.3, 0.4) is 0 Å². The highest BCUT2D eigenvalue weighted by atomic mass is 16.6. The van der Waals surface area contributed by atoms with E-state index in [9.17, 15) is 9.59 Å². The molecule has 0 rings (SSSR count). The molecule has 62 heavy (non-hydrogen) atoms. The molecule has 0 radical (unpaired) electrons. The summed E-state index contributed by atoms with van der Waals surface area (Å²) in [4.78, 5) is 25.4. The van der Waals surface area contributed by atoms with Crippen molar-refractivity contribution in [2.75, 3.05) is 19.8 Å². The molecule has 0 fully saturated rings. The Hall–Kier alpha value is -3.70. The largest absolute Gasteiger partial charge is 0.462 e. The quantitative estimate of drug-likeness (QED) is 0.0347. The van der Waals surface area contributed by atoms with Crippen molar-refractivity contribution in [3.05, 3.63) is 122 Å². The van der Waals surface area contributed by atoms with Crippen LogP contribution in [-0.4, -0.2) is 37.9 Å². The van der Waals surface area contributed by atoms with Crippen LogP contribution >= 0.6 is 0 Å². The van der Waals surface area contributed by atoms with Gasteiger partial charge in [-0.15, -0.1) is 0 Å². The fourth-order valence-corrected chi connectivity index (χ4v) is 6.30. The van der Waals surface area contributed by atoms with Crippen molar-refractivity contribution in [3.63, 3.8) is 0 Å². The minimum atomic E-state index is -0.593. The zero-order chi connectivity index (χ0) is 44.9. The molecule has 0 aromatic carbocycles. The fourth-order valence-electron chi connectivity index (χ4n) is 6.30. The molecule has 0 spiro atoms. The van der Waals surface area contributed by atoms with Crippen molar-refractivity contribution in [1.29, 1.82) is 0 Å². The third kappa shape index (κ3) is 49.0. The van der Waals surface area contributed by atoms with E-state index in [1.54, 1.807) is 0 Å². The van der Waals surface area contributed by atoms with Crippen LogP contribution in [0.15, 0.2) is 122 Å². The molecule has 0 amide bonds. The highest BCUT2D eigenvalue weighted by Crippen LogP contribution is 2.12. The highest BCUT2D eigenvalue weighted by Gasteiger charge is 2.17. The Kier molecular flexibility index (Phi) is 48.6. The average molecular weight is 857 g/mol. The molecule has 0 aliphatic carbocycles. The number of allylic oxidation sites excluding steroid dienone is 20. The standard InChI is InChI=1S/C57H92O5/c1-4-7-10-13-16-19-22-25-27-28-29-30-31-33-35-38-41-44-47-50-56(58)61-54-55(53-60-52-49-46-43-40-37-34-26-23-20-17-14-11-8-5-2)62-57(59)51-48-45-42-39-36-32-24-21-18-15-12-9-6-3/h8-9,11-12,16-21,25-27,29-30,32,34,36,40,43,55H,4-7,10,13-15,22-24,28,31,33,35,37-39,41-42,44-54H2,1-3H3/b11-8-,12-9-,19-16-,20-17-,21-18-,27-25-,30-29-,34-26-,36-32-,43-40-. The van der Waals surface area contributed by atoms with Gasteiger partial charge in [-0.2, -0.15) is 0 Å². The molecule has 0 aromatic heterocycles. The molecule has 5 heteroatoms. The maximum Gasteiger partial charge on any atom is 0.306 e. The number of unbranched alkanes of at least 4 members (excludes halogenated alkanes) is 13. The molecular weight excluding hydrogens is 765 g/mol. The summed E-state index contributed by atoms with van der Waals surface area (Å²) in [6.45, 7) is 7.37. The van der Waals surface area contributed by atoms with E-state index in [0.717, 1.165) is 122 Å². The van der Waals surface area contributed by atoms with Crippen LogP contribution in [0.2, 0.25) is 0 Å². The molecule has 350 valence electrons. The van der Waals surface area contributed by atoms with E-state index in [4.69, 9.17) is 14.2 Å². The van der Waals surface area contributed by atoms with Gasteiger partial charge in [0, 0.05) is 19.4 Å². The molecule has 0 saturated carbocycles. The lowest BCUT2D eigenvalue weighted by Crippen LogP contribution is -2.30. The number of hydrogen-bond acceptors (Lipinski definition) is 5. The number of hydrogen-bond donors (Lipinski definition) is 0. The summed E-state index contributed by atoms with van der Waals surface area (Å²) in [5.74, 6) is -0.486. The molecule has 0 bridgehead atoms. The average Bonchev–Trinajstić information content (AvgIpc) is 3.27. The van der Waals surface area contributed by atoms with E-state index in [2.05, 4.69) is 142 Å². The topological polar surface area (TPSA) is 61.8 Å². The van der Waals surface area contributed by atoms with Crippen molar-refractivity contribution in [2.45, 2.75) is 207 Å². The van der Waals surface area contributed by atoms with Gasteiger partial charge in [0.15, 0.2) is 6.10 Å². The minimum Gasteiger partial charge on any atom is -0.462 e. The normalized spacial score (nSPS) is 13.3. The van der Waals surface area contributed by atoms with Gasteiger partial charge in [0.1, 0.15) is 6.61 Å². The van der Waals surface area contributed by atoms with E-state index < -0.39 is 6.10 Å². The lowest BCUT2D eigenvalue weighted by Gasteiger charge is -2.18. The Labute approximate surface area is 382 Å². The maximum atomic E-state index is 12.8. The van der Waals surface area contributed by atoms with Crippen LogP contribution in [0.1, 0.15) is 201 Å². The molecule has 0 N–H and O–H groups in total. The summed E-state index contributed by atoms with van der Waals surface area (Å²) in [6, 6.07) is 0. The van der Waals surface area contributed by atoms with E-state index in [0.29, 0.717) is 19.4 Å². The molecule has 0 aliphatic heterocycles. The van der Waals surface area contributed by atoms with Crippen LogP contribution < -0.4 is 0 Å². The van der Waals surface area contributed by atoms with Crippen molar-refractivity contribution in [2.24, 2.45) is 0 Å². The van der Waals surface area contributed by atoms with Crippen molar-refractivity contribution in [1.82, 2.24) is 0 Å². The van der Waals surface area contributed by atoms with Gasteiger partial charge in [0.2, 0.25) is 0 Å². The predicted octanol–water partition coefficient (Wildman–Crippen LogP) is 17.0. The number of carbonyl (C=O) groups excluding carboxylic acids is 2. The minimum absolute atomic E-state index is 0.0368. The summed E-state index contributed by atoms with van der Waals surface area (Å²) in [5.41, 5.74) is 0. The van der Waals surface area contributed by atoms with Crippen molar-refractivity contribution >= 4 is 11.9 Å². The van der Waals surface area contributed by atoms with Crippen LogP contribution in [0.5, 0.6) is 0 Å². The number of esters is 2. The SMILES string of the molecule is CC/C=C\C/C=C\C/C=C\C/C=C\CCCOCC(COC(=O)CCCCCCCC/C=C\C/C=C\C/C=C\CCCCC)OC(=O)CCCCC/C=C\C/C=C\C/C=C\CC. The van der Waals surface area contributed by atoms with Gasteiger partial charge in [-0.3, -0.25) is 9.59 Å². The molecule has 1 unspecified atom stereocenters. The Morgan fingerprint density at radius 1 is 0.371 bits per heavy atom. The lowest BCUT2D eigenvalue weighted by atomic mass is 10.1. The molecule has 0 heterocycles. The summed E-state index contributed by atoms with van der Waals surface area (Å²) < 4.78 is 17.3. The van der Waals surface area contributed by atoms with Crippen LogP contribution in [0.25, 0.3) is 0 Å². The zero-order valence-corrected chi connectivity index (χ0v) is 40.1. The van der Waals surface area contributed by atoms with Crippen molar-refractivity contribution < 1.29 is 23.8 Å². The number of carbonyl (C=O) groups is 2. The van der Waals surface area contributed by atoms with Crippen LogP contribution in [0, 0.1) is 0 Å². The number of rotatable bonds is 44. The van der Waals surface area contributed by atoms with Gasteiger partial charge in [-0.25, -0.2) is 0 Å². The Bertz CT molecular complexity index is 1290. The summed E-state index contributed by atoms with van der Waals surface area (Å²) in [6.07, 6.45) is 72.2. The smallest absolute Gasteiger partial charge is 0.306 e. The third-order valence-electron chi connectivity index (χ3n) is 9.96. The monoisotopic (exact) mass is 857 g/mol. The first-order valence-corrected chi connectivity index (χ1v) is 25.1. The Balaban J connectivity index is 4.41. The van der Waals surface area contributed by atoms with Gasteiger partial charge < -0.3 is 14.2 Å². The summed E-state index contributed by atoms with van der Waals surface area (Å²) in [5, 5.41) is 0. The first-order chi connectivity index (χ1) is 30.6. The lowest BCUT2D eigenvalue weighted by molar-refractivity contribution is -0.163. The molecule has 0 aromatic rings. The van der Waals surface area contributed by atoms with Gasteiger partial charge in [-0.05, 0) is 122 Å². The first-order valence-electron chi connectivity index (χ1n) is 25.1. The maximum absolute atomic E-state index is 12.8. The van der Waals surface area contributed by atoms with Crippen molar-refractivity contribution in [3.8, 4) is 0 Å².